The SMILES string of the molecule is CCN(CC)C(=O)c1ccc(S(=O)(=O)N(C)CCc2ccncc2)cc1. The number of pyridine rings is 1. The van der Waals surface area contributed by atoms with Gasteiger partial charge in [0.05, 0.1) is 4.90 Å². The third-order valence-electron chi connectivity index (χ3n) is 4.32. The highest BCUT2D eigenvalue weighted by Gasteiger charge is 2.21. The fourth-order valence-electron chi connectivity index (χ4n) is 2.60. The molecule has 0 fully saturated rings. The van der Waals surface area contributed by atoms with E-state index in [-0.39, 0.29) is 10.8 Å². The summed E-state index contributed by atoms with van der Waals surface area (Å²) >= 11 is 0. The molecule has 0 aliphatic heterocycles. The molecule has 1 aromatic heterocycles. The molecule has 1 aromatic carbocycles. The van der Waals surface area contributed by atoms with Gasteiger partial charge in [-0.1, -0.05) is 0 Å². The largest absolute Gasteiger partial charge is 0.339 e. The van der Waals surface area contributed by atoms with Crippen molar-refractivity contribution in [3.05, 3.63) is 59.9 Å². The van der Waals surface area contributed by atoms with E-state index in [0.29, 0.717) is 31.6 Å². The van der Waals surface area contributed by atoms with Gasteiger partial charge in [0.1, 0.15) is 0 Å². The van der Waals surface area contributed by atoms with E-state index in [4.69, 9.17) is 0 Å². The predicted molar refractivity (Wildman–Crippen MR) is 101 cm³/mol. The van der Waals surface area contributed by atoms with Crippen molar-refractivity contribution in [3.8, 4) is 0 Å². The molecular formula is C19H25N3O3S. The second-order valence-electron chi connectivity index (χ2n) is 5.93. The molecule has 140 valence electrons. The van der Waals surface area contributed by atoms with Crippen molar-refractivity contribution in [1.29, 1.82) is 0 Å². The van der Waals surface area contributed by atoms with Crippen LogP contribution in [0.15, 0.2) is 53.7 Å². The first-order chi connectivity index (χ1) is 12.4. The Hall–Kier alpha value is -2.25. The Labute approximate surface area is 155 Å². The minimum Gasteiger partial charge on any atom is -0.339 e. The van der Waals surface area contributed by atoms with Gasteiger partial charge in [-0.05, 0) is 62.2 Å². The molecule has 7 heteroatoms. The number of amides is 1. The number of likely N-dealkylation sites (N-methyl/N-ethyl adjacent to an activating group) is 1. The van der Waals surface area contributed by atoms with Crippen molar-refractivity contribution in [2.24, 2.45) is 0 Å². The molecule has 0 unspecified atom stereocenters. The fourth-order valence-corrected chi connectivity index (χ4v) is 3.77. The van der Waals surface area contributed by atoms with Gasteiger partial charge < -0.3 is 4.90 Å². The number of carbonyl (C=O) groups excluding carboxylic acids is 1. The highest BCUT2D eigenvalue weighted by molar-refractivity contribution is 7.89. The molecule has 2 aromatic rings. The molecule has 1 amide bonds. The average molecular weight is 375 g/mol. The number of aromatic nitrogens is 1. The van der Waals surface area contributed by atoms with Crippen LogP contribution >= 0.6 is 0 Å². The monoisotopic (exact) mass is 375 g/mol. The van der Waals surface area contributed by atoms with Gasteiger partial charge >= 0.3 is 0 Å². The lowest BCUT2D eigenvalue weighted by Gasteiger charge is -2.19. The zero-order chi connectivity index (χ0) is 19.2. The maximum absolute atomic E-state index is 12.7. The van der Waals surface area contributed by atoms with Crippen LogP contribution in [0.5, 0.6) is 0 Å². The Balaban J connectivity index is 2.09. The second kappa shape index (κ2) is 8.91. The first-order valence-corrected chi connectivity index (χ1v) is 10.1. The van der Waals surface area contributed by atoms with Gasteiger partial charge in [-0.15, -0.1) is 0 Å². The molecule has 0 radical (unpaired) electrons. The number of carbonyl (C=O) groups is 1. The lowest BCUT2D eigenvalue weighted by Crippen LogP contribution is -2.31. The fraction of sp³-hybridized carbons (Fsp3) is 0.368. The van der Waals surface area contributed by atoms with E-state index in [9.17, 15) is 13.2 Å². The summed E-state index contributed by atoms with van der Waals surface area (Å²) in [6.45, 7) is 5.43. The standard InChI is InChI=1S/C19H25N3O3S/c1-4-22(5-2)19(23)17-6-8-18(9-7-17)26(24,25)21(3)15-12-16-10-13-20-14-11-16/h6-11,13-14H,4-5,12,15H2,1-3H3. The van der Waals surface area contributed by atoms with Crippen LogP contribution in [0.25, 0.3) is 0 Å². The topological polar surface area (TPSA) is 70.6 Å². The Kier molecular flexibility index (Phi) is 6.88. The van der Waals surface area contributed by atoms with Gasteiger partial charge in [0, 0.05) is 44.6 Å². The zero-order valence-electron chi connectivity index (χ0n) is 15.4. The third kappa shape index (κ3) is 4.68. The van der Waals surface area contributed by atoms with Crippen LogP contribution in [0.1, 0.15) is 29.8 Å². The van der Waals surface area contributed by atoms with Crippen LogP contribution in [0.2, 0.25) is 0 Å². The number of rotatable bonds is 8. The quantitative estimate of drug-likeness (QED) is 0.710. The van der Waals surface area contributed by atoms with Crippen LogP contribution in [0, 0.1) is 0 Å². The molecule has 0 saturated carbocycles. The maximum atomic E-state index is 12.7. The van der Waals surface area contributed by atoms with Gasteiger partial charge in [0.2, 0.25) is 10.0 Å². The smallest absolute Gasteiger partial charge is 0.253 e. The van der Waals surface area contributed by atoms with E-state index < -0.39 is 10.0 Å². The second-order valence-corrected chi connectivity index (χ2v) is 7.98. The summed E-state index contributed by atoms with van der Waals surface area (Å²) in [7, 11) is -2.03. The molecule has 0 bridgehead atoms. The molecule has 6 nitrogen and oxygen atoms in total. The number of sulfonamides is 1. The normalized spacial score (nSPS) is 11.5. The summed E-state index contributed by atoms with van der Waals surface area (Å²) in [6.07, 6.45) is 3.99. The van der Waals surface area contributed by atoms with Gasteiger partial charge in [0.25, 0.3) is 5.91 Å². The highest BCUT2D eigenvalue weighted by Crippen LogP contribution is 2.17. The van der Waals surface area contributed by atoms with E-state index in [1.807, 2.05) is 26.0 Å². The molecular weight excluding hydrogens is 350 g/mol. The summed E-state index contributed by atoms with van der Waals surface area (Å²) < 4.78 is 26.7. The van der Waals surface area contributed by atoms with Crippen LogP contribution in [0.3, 0.4) is 0 Å². The molecule has 0 spiro atoms. The van der Waals surface area contributed by atoms with E-state index in [2.05, 4.69) is 4.98 Å². The Morgan fingerprint density at radius 3 is 2.12 bits per heavy atom. The molecule has 0 aliphatic rings. The lowest BCUT2D eigenvalue weighted by atomic mass is 10.2. The summed E-state index contributed by atoms with van der Waals surface area (Å²) in [6, 6.07) is 9.88. The molecule has 0 saturated heterocycles. The van der Waals surface area contributed by atoms with Gasteiger partial charge in [-0.2, -0.15) is 0 Å². The summed E-state index contributed by atoms with van der Waals surface area (Å²) in [5.41, 5.74) is 1.52. The summed E-state index contributed by atoms with van der Waals surface area (Å²) in [5, 5.41) is 0. The van der Waals surface area contributed by atoms with Gasteiger partial charge in [0.15, 0.2) is 0 Å². The van der Waals surface area contributed by atoms with Crippen molar-refractivity contribution in [2.75, 3.05) is 26.7 Å². The zero-order valence-corrected chi connectivity index (χ0v) is 16.2. The first kappa shape index (κ1) is 20.1. The molecule has 0 atom stereocenters. The number of hydrogen-bond acceptors (Lipinski definition) is 4. The van der Waals surface area contributed by atoms with Crippen molar-refractivity contribution in [3.63, 3.8) is 0 Å². The van der Waals surface area contributed by atoms with Gasteiger partial charge in [-0.3, -0.25) is 9.78 Å². The van der Waals surface area contributed by atoms with E-state index in [1.54, 1.807) is 36.5 Å². The van der Waals surface area contributed by atoms with E-state index >= 15 is 0 Å². The van der Waals surface area contributed by atoms with Gasteiger partial charge in [-0.25, -0.2) is 12.7 Å². The van der Waals surface area contributed by atoms with Crippen molar-refractivity contribution < 1.29 is 13.2 Å². The molecule has 1 heterocycles. The molecule has 0 aliphatic carbocycles. The van der Waals surface area contributed by atoms with Crippen molar-refractivity contribution >= 4 is 15.9 Å². The predicted octanol–water partition coefficient (Wildman–Crippen LogP) is 2.43. The summed E-state index contributed by atoms with van der Waals surface area (Å²) in [4.78, 5) is 18.2. The Morgan fingerprint density at radius 2 is 1.58 bits per heavy atom. The van der Waals surface area contributed by atoms with Crippen molar-refractivity contribution in [2.45, 2.75) is 25.2 Å². The Bertz CT molecular complexity index is 817. The lowest BCUT2D eigenvalue weighted by molar-refractivity contribution is 0.0773. The first-order valence-electron chi connectivity index (χ1n) is 8.64. The maximum Gasteiger partial charge on any atom is 0.253 e. The molecule has 0 N–H and O–H groups in total. The Morgan fingerprint density at radius 1 is 1.00 bits per heavy atom. The summed E-state index contributed by atoms with van der Waals surface area (Å²) in [5.74, 6) is -0.0926. The minimum absolute atomic E-state index is 0.0926. The van der Waals surface area contributed by atoms with Crippen LogP contribution < -0.4 is 0 Å². The van der Waals surface area contributed by atoms with Crippen LogP contribution in [0.4, 0.5) is 0 Å². The third-order valence-corrected chi connectivity index (χ3v) is 6.20. The van der Waals surface area contributed by atoms with E-state index in [1.165, 1.54) is 16.4 Å². The minimum atomic E-state index is -3.59. The average Bonchev–Trinajstić information content (AvgIpc) is 2.67. The molecule has 2 rings (SSSR count). The number of benzene rings is 1. The van der Waals surface area contributed by atoms with E-state index in [0.717, 1.165) is 5.56 Å². The number of nitrogens with zero attached hydrogens (tertiary/aromatic N) is 3. The van der Waals surface area contributed by atoms with Crippen molar-refractivity contribution in [1.82, 2.24) is 14.2 Å². The van der Waals surface area contributed by atoms with Crippen LogP contribution in [-0.4, -0.2) is 55.2 Å². The molecule has 26 heavy (non-hydrogen) atoms. The van der Waals surface area contributed by atoms with Crippen LogP contribution in [-0.2, 0) is 16.4 Å². The number of hydrogen-bond donors (Lipinski definition) is 0. The highest BCUT2D eigenvalue weighted by atomic mass is 32.2.